The summed E-state index contributed by atoms with van der Waals surface area (Å²) >= 11 is 13.7. The molecular formula is C15H12Cl2N2OS. The quantitative estimate of drug-likeness (QED) is 0.616. The molecule has 21 heavy (non-hydrogen) atoms. The van der Waals surface area contributed by atoms with Crippen molar-refractivity contribution in [2.24, 2.45) is 0 Å². The first-order valence-corrected chi connectivity index (χ1v) is 7.97. The Labute approximate surface area is 136 Å². The summed E-state index contributed by atoms with van der Waals surface area (Å²) in [6.07, 6.45) is 0. The molecule has 0 bridgehead atoms. The zero-order chi connectivity index (χ0) is 15.0. The van der Waals surface area contributed by atoms with Gasteiger partial charge in [-0.3, -0.25) is 0 Å². The van der Waals surface area contributed by atoms with Gasteiger partial charge in [0.2, 0.25) is 0 Å². The standard InChI is InChI=1S/C15H12Cl2N2OS/c1-8-5-10(16)6-9(2)13(8)20-7-12-18-14(17)11-3-4-21-15(11)19-12/h3-6H,7H2,1-2H3. The molecule has 2 heterocycles. The lowest BCUT2D eigenvalue weighted by Gasteiger charge is -2.12. The fourth-order valence-corrected chi connectivity index (χ4v) is 3.60. The number of rotatable bonds is 3. The molecule has 1 aromatic carbocycles. The Morgan fingerprint density at radius 3 is 2.57 bits per heavy atom. The third kappa shape index (κ3) is 2.98. The van der Waals surface area contributed by atoms with Crippen LogP contribution < -0.4 is 4.74 Å². The third-order valence-corrected chi connectivity index (χ3v) is 4.41. The van der Waals surface area contributed by atoms with E-state index in [1.807, 2.05) is 37.4 Å². The number of fused-ring (bicyclic) bond motifs is 1. The Kier molecular flexibility index (Phi) is 4.02. The van der Waals surface area contributed by atoms with Gasteiger partial charge >= 0.3 is 0 Å². The molecular weight excluding hydrogens is 327 g/mol. The van der Waals surface area contributed by atoms with E-state index in [4.69, 9.17) is 27.9 Å². The maximum atomic E-state index is 6.15. The van der Waals surface area contributed by atoms with Crippen LogP contribution in [0.2, 0.25) is 10.2 Å². The first-order valence-electron chi connectivity index (χ1n) is 6.34. The van der Waals surface area contributed by atoms with Gasteiger partial charge in [-0.05, 0) is 48.6 Å². The summed E-state index contributed by atoms with van der Waals surface area (Å²) in [6.45, 7) is 4.20. The largest absolute Gasteiger partial charge is 0.485 e. The van der Waals surface area contributed by atoms with E-state index in [9.17, 15) is 0 Å². The van der Waals surface area contributed by atoms with Gasteiger partial charge in [-0.15, -0.1) is 11.3 Å². The second-order valence-corrected chi connectivity index (χ2v) is 6.42. The number of ether oxygens (including phenoxy) is 1. The molecule has 3 nitrogen and oxygen atoms in total. The minimum absolute atomic E-state index is 0.275. The van der Waals surface area contributed by atoms with Crippen molar-refractivity contribution in [1.82, 2.24) is 9.97 Å². The van der Waals surface area contributed by atoms with Crippen LogP contribution in [-0.2, 0) is 6.61 Å². The minimum atomic E-state index is 0.275. The molecule has 0 saturated carbocycles. The van der Waals surface area contributed by atoms with Gasteiger partial charge < -0.3 is 4.74 Å². The number of thiophene rings is 1. The zero-order valence-corrected chi connectivity index (χ0v) is 13.8. The van der Waals surface area contributed by atoms with Gasteiger partial charge in [-0.25, -0.2) is 9.97 Å². The molecule has 0 saturated heterocycles. The lowest BCUT2D eigenvalue weighted by molar-refractivity contribution is 0.292. The molecule has 0 spiro atoms. The Morgan fingerprint density at radius 1 is 1.14 bits per heavy atom. The van der Waals surface area contributed by atoms with E-state index in [0.29, 0.717) is 16.0 Å². The van der Waals surface area contributed by atoms with Gasteiger partial charge in [0.05, 0.1) is 0 Å². The average molecular weight is 339 g/mol. The molecule has 0 amide bonds. The van der Waals surface area contributed by atoms with Crippen molar-refractivity contribution in [3.8, 4) is 5.75 Å². The molecule has 0 atom stereocenters. The van der Waals surface area contributed by atoms with Crippen LogP contribution in [0.25, 0.3) is 10.2 Å². The molecule has 0 aliphatic heterocycles. The number of hydrogen-bond donors (Lipinski definition) is 0. The van der Waals surface area contributed by atoms with Crippen LogP contribution in [0.3, 0.4) is 0 Å². The fraction of sp³-hybridized carbons (Fsp3) is 0.200. The second-order valence-electron chi connectivity index (χ2n) is 4.73. The predicted molar refractivity (Wildman–Crippen MR) is 87.7 cm³/mol. The smallest absolute Gasteiger partial charge is 0.169 e. The van der Waals surface area contributed by atoms with Crippen molar-refractivity contribution in [3.63, 3.8) is 0 Å². The summed E-state index contributed by atoms with van der Waals surface area (Å²) in [4.78, 5) is 9.61. The number of halogens is 2. The molecule has 0 unspecified atom stereocenters. The number of nitrogens with zero attached hydrogens (tertiary/aromatic N) is 2. The molecule has 0 radical (unpaired) electrons. The van der Waals surface area contributed by atoms with Crippen molar-refractivity contribution in [2.45, 2.75) is 20.5 Å². The van der Waals surface area contributed by atoms with E-state index in [-0.39, 0.29) is 6.61 Å². The van der Waals surface area contributed by atoms with Crippen molar-refractivity contribution in [3.05, 3.63) is 50.7 Å². The van der Waals surface area contributed by atoms with E-state index >= 15 is 0 Å². The highest BCUT2D eigenvalue weighted by Gasteiger charge is 2.10. The van der Waals surface area contributed by atoms with Crippen LogP contribution in [0.15, 0.2) is 23.6 Å². The van der Waals surface area contributed by atoms with Crippen molar-refractivity contribution >= 4 is 44.8 Å². The summed E-state index contributed by atoms with van der Waals surface area (Å²) in [5, 5.41) is 3.99. The van der Waals surface area contributed by atoms with Crippen molar-refractivity contribution in [2.75, 3.05) is 0 Å². The fourth-order valence-electron chi connectivity index (χ4n) is 2.19. The van der Waals surface area contributed by atoms with Gasteiger partial charge in [-0.1, -0.05) is 23.2 Å². The summed E-state index contributed by atoms with van der Waals surface area (Å²) in [7, 11) is 0. The van der Waals surface area contributed by atoms with Crippen LogP contribution in [0.1, 0.15) is 17.0 Å². The zero-order valence-electron chi connectivity index (χ0n) is 11.5. The second kappa shape index (κ2) is 5.79. The van der Waals surface area contributed by atoms with Gasteiger partial charge in [0.25, 0.3) is 0 Å². The SMILES string of the molecule is Cc1cc(Cl)cc(C)c1OCc1nc(Cl)c2ccsc2n1. The molecule has 2 aromatic heterocycles. The topological polar surface area (TPSA) is 35.0 Å². The first kappa shape index (κ1) is 14.6. The summed E-state index contributed by atoms with van der Waals surface area (Å²) in [5.74, 6) is 1.38. The Balaban J connectivity index is 1.86. The molecule has 3 rings (SSSR count). The Morgan fingerprint density at radius 2 is 1.86 bits per heavy atom. The van der Waals surface area contributed by atoms with Crippen LogP contribution in [0, 0.1) is 13.8 Å². The highest BCUT2D eigenvalue weighted by Crippen LogP contribution is 2.28. The monoisotopic (exact) mass is 338 g/mol. The van der Waals surface area contributed by atoms with Crippen LogP contribution in [0.5, 0.6) is 5.75 Å². The Hall–Kier alpha value is -1.36. The van der Waals surface area contributed by atoms with E-state index in [1.54, 1.807) is 0 Å². The van der Waals surface area contributed by atoms with Crippen LogP contribution in [0.4, 0.5) is 0 Å². The van der Waals surface area contributed by atoms with E-state index in [2.05, 4.69) is 9.97 Å². The van der Waals surface area contributed by atoms with E-state index in [0.717, 1.165) is 27.1 Å². The third-order valence-electron chi connectivity index (χ3n) is 3.10. The van der Waals surface area contributed by atoms with Gasteiger partial charge in [0.15, 0.2) is 5.82 Å². The summed E-state index contributed by atoms with van der Waals surface area (Å²) in [6, 6.07) is 5.67. The van der Waals surface area contributed by atoms with Crippen LogP contribution >= 0.6 is 34.5 Å². The minimum Gasteiger partial charge on any atom is -0.485 e. The number of aromatic nitrogens is 2. The number of hydrogen-bond acceptors (Lipinski definition) is 4. The maximum Gasteiger partial charge on any atom is 0.169 e. The normalized spacial score (nSPS) is 11.0. The number of benzene rings is 1. The summed E-state index contributed by atoms with van der Waals surface area (Å²) < 4.78 is 5.85. The number of aryl methyl sites for hydroxylation is 2. The molecule has 6 heteroatoms. The average Bonchev–Trinajstić information content (AvgIpc) is 2.86. The van der Waals surface area contributed by atoms with E-state index < -0.39 is 0 Å². The highest BCUT2D eigenvalue weighted by molar-refractivity contribution is 7.16. The molecule has 0 aliphatic rings. The van der Waals surface area contributed by atoms with Crippen LogP contribution in [-0.4, -0.2) is 9.97 Å². The van der Waals surface area contributed by atoms with Gasteiger partial charge in [0, 0.05) is 10.4 Å². The van der Waals surface area contributed by atoms with E-state index in [1.165, 1.54) is 11.3 Å². The van der Waals surface area contributed by atoms with Gasteiger partial charge in [-0.2, -0.15) is 0 Å². The summed E-state index contributed by atoms with van der Waals surface area (Å²) in [5.41, 5.74) is 1.98. The molecule has 0 aliphatic carbocycles. The highest BCUT2D eigenvalue weighted by atomic mass is 35.5. The molecule has 0 fully saturated rings. The lowest BCUT2D eigenvalue weighted by atomic mass is 10.1. The first-order chi connectivity index (χ1) is 10.0. The van der Waals surface area contributed by atoms with Gasteiger partial charge in [0.1, 0.15) is 22.3 Å². The molecule has 0 N–H and O–H groups in total. The lowest BCUT2D eigenvalue weighted by Crippen LogP contribution is -2.03. The molecule has 3 aromatic rings. The van der Waals surface area contributed by atoms with Crippen molar-refractivity contribution in [1.29, 1.82) is 0 Å². The predicted octanol–water partition coefficient (Wildman–Crippen LogP) is 5.19. The Bertz CT molecular complexity index is 794. The van der Waals surface area contributed by atoms with Crippen molar-refractivity contribution < 1.29 is 4.74 Å². The molecule has 108 valence electrons. The maximum absolute atomic E-state index is 6.15.